The van der Waals surface area contributed by atoms with E-state index in [1.165, 1.54) is 29.7 Å². The van der Waals surface area contributed by atoms with Crippen LogP contribution in [0.15, 0.2) is 41.4 Å². The number of sulfonamides is 1. The summed E-state index contributed by atoms with van der Waals surface area (Å²) in [7, 11) is -2.18. The SMILES string of the molecule is CN(Cc1cc(Cl)cc(Cl)c1)S(=O)(=O)c1ccc(Cl)nc1. The number of aromatic nitrogens is 1. The molecule has 0 radical (unpaired) electrons. The monoisotopic (exact) mass is 364 g/mol. The van der Waals surface area contributed by atoms with Crippen LogP contribution in [-0.2, 0) is 16.6 Å². The number of benzene rings is 1. The van der Waals surface area contributed by atoms with Crippen LogP contribution in [0.3, 0.4) is 0 Å². The van der Waals surface area contributed by atoms with Gasteiger partial charge in [-0.3, -0.25) is 0 Å². The summed E-state index contributed by atoms with van der Waals surface area (Å²) in [5.74, 6) is 0. The molecule has 0 unspecified atom stereocenters. The van der Waals surface area contributed by atoms with Crippen molar-refractivity contribution in [1.29, 1.82) is 0 Å². The Hall–Kier alpha value is -0.850. The Labute approximate surface area is 138 Å². The first-order valence-electron chi connectivity index (χ1n) is 5.82. The highest BCUT2D eigenvalue weighted by atomic mass is 35.5. The molecule has 21 heavy (non-hydrogen) atoms. The fourth-order valence-corrected chi connectivity index (χ4v) is 3.53. The van der Waals surface area contributed by atoms with E-state index in [2.05, 4.69) is 4.98 Å². The fourth-order valence-electron chi connectivity index (χ4n) is 1.74. The molecule has 0 fully saturated rings. The van der Waals surface area contributed by atoms with E-state index in [0.29, 0.717) is 15.6 Å². The normalized spacial score (nSPS) is 11.9. The van der Waals surface area contributed by atoms with Crippen molar-refractivity contribution >= 4 is 44.8 Å². The highest BCUT2D eigenvalue weighted by Gasteiger charge is 2.21. The Kier molecular flexibility index (Phi) is 5.11. The number of hydrogen-bond acceptors (Lipinski definition) is 3. The van der Waals surface area contributed by atoms with E-state index < -0.39 is 10.0 Å². The van der Waals surface area contributed by atoms with Crippen LogP contribution in [0.5, 0.6) is 0 Å². The quantitative estimate of drug-likeness (QED) is 0.773. The summed E-state index contributed by atoms with van der Waals surface area (Å²) in [6.45, 7) is 0.144. The van der Waals surface area contributed by atoms with E-state index in [1.54, 1.807) is 18.2 Å². The Morgan fingerprint density at radius 3 is 2.24 bits per heavy atom. The van der Waals surface area contributed by atoms with Crippen LogP contribution >= 0.6 is 34.8 Å². The number of hydrogen-bond donors (Lipinski definition) is 0. The van der Waals surface area contributed by atoms with Crippen LogP contribution in [0.25, 0.3) is 0 Å². The molecule has 1 aromatic heterocycles. The molecule has 0 aliphatic rings. The van der Waals surface area contributed by atoms with E-state index in [1.807, 2.05) is 0 Å². The number of halogens is 3. The zero-order valence-corrected chi connectivity index (χ0v) is 14.0. The summed E-state index contributed by atoms with van der Waals surface area (Å²) in [4.78, 5) is 3.85. The van der Waals surface area contributed by atoms with Gasteiger partial charge in [-0.05, 0) is 35.9 Å². The summed E-state index contributed by atoms with van der Waals surface area (Å²) < 4.78 is 26.0. The van der Waals surface area contributed by atoms with E-state index in [4.69, 9.17) is 34.8 Å². The lowest BCUT2D eigenvalue weighted by atomic mass is 10.2. The van der Waals surface area contributed by atoms with Gasteiger partial charge in [-0.15, -0.1) is 0 Å². The van der Waals surface area contributed by atoms with Crippen LogP contribution < -0.4 is 0 Å². The molecule has 0 amide bonds. The lowest BCUT2D eigenvalue weighted by Gasteiger charge is -2.17. The Balaban J connectivity index is 2.26. The third-order valence-corrected chi connectivity index (χ3v) is 5.18. The summed E-state index contributed by atoms with van der Waals surface area (Å²) >= 11 is 17.5. The Morgan fingerprint density at radius 1 is 1.10 bits per heavy atom. The second kappa shape index (κ2) is 6.50. The van der Waals surface area contributed by atoms with Gasteiger partial charge in [0.2, 0.25) is 10.0 Å². The number of pyridine rings is 1. The van der Waals surface area contributed by atoms with Gasteiger partial charge in [-0.1, -0.05) is 34.8 Å². The smallest absolute Gasteiger partial charge is 0.243 e. The Morgan fingerprint density at radius 2 is 1.71 bits per heavy atom. The first-order chi connectivity index (χ1) is 9.79. The average molecular weight is 366 g/mol. The highest BCUT2D eigenvalue weighted by Crippen LogP contribution is 2.22. The minimum absolute atomic E-state index is 0.0718. The van der Waals surface area contributed by atoms with Gasteiger partial charge in [-0.2, -0.15) is 4.31 Å². The van der Waals surface area contributed by atoms with Gasteiger partial charge in [0.25, 0.3) is 0 Å². The van der Waals surface area contributed by atoms with E-state index in [-0.39, 0.29) is 16.6 Å². The number of nitrogens with zero attached hydrogens (tertiary/aromatic N) is 2. The van der Waals surface area contributed by atoms with Gasteiger partial charge < -0.3 is 0 Å². The number of rotatable bonds is 4. The highest BCUT2D eigenvalue weighted by molar-refractivity contribution is 7.89. The summed E-state index contributed by atoms with van der Waals surface area (Å²) in [5, 5.41) is 1.14. The van der Waals surface area contributed by atoms with Crippen molar-refractivity contribution in [3.8, 4) is 0 Å². The van der Waals surface area contributed by atoms with Crippen molar-refractivity contribution in [3.63, 3.8) is 0 Å². The molecule has 0 bridgehead atoms. The molecule has 2 rings (SSSR count). The molecule has 0 aliphatic carbocycles. The van der Waals surface area contributed by atoms with Crippen LogP contribution in [0.1, 0.15) is 5.56 Å². The zero-order valence-electron chi connectivity index (χ0n) is 10.9. The molecule has 0 saturated heterocycles. The topological polar surface area (TPSA) is 50.3 Å². The molecule has 0 spiro atoms. The maximum absolute atomic E-state index is 12.4. The van der Waals surface area contributed by atoms with Gasteiger partial charge in [0.05, 0.1) is 0 Å². The molecule has 2 aromatic rings. The molecule has 0 saturated carbocycles. The largest absolute Gasteiger partial charge is 0.244 e. The lowest BCUT2D eigenvalue weighted by molar-refractivity contribution is 0.466. The van der Waals surface area contributed by atoms with Crippen molar-refractivity contribution in [2.45, 2.75) is 11.4 Å². The molecule has 112 valence electrons. The molecular weight excluding hydrogens is 355 g/mol. The van der Waals surface area contributed by atoms with Gasteiger partial charge in [0.15, 0.2) is 0 Å². The average Bonchev–Trinajstić information content (AvgIpc) is 2.37. The van der Waals surface area contributed by atoms with Crippen LogP contribution in [0.2, 0.25) is 15.2 Å². The van der Waals surface area contributed by atoms with Crippen LogP contribution in [0.4, 0.5) is 0 Å². The van der Waals surface area contributed by atoms with Crippen LogP contribution in [0, 0.1) is 0 Å². The van der Waals surface area contributed by atoms with E-state index in [0.717, 1.165) is 0 Å². The lowest BCUT2D eigenvalue weighted by Crippen LogP contribution is -2.26. The minimum Gasteiger partial charge on any atom is -0.243 e. The maximum Gasteiger partial charge on any atom is 0.244 e. The molecule has 0 aliphatic heterocycles. The summed E-state index contributed by atoms with van der Waals surface area (Å²) in [5.41, 5.74) is 0.695. The predicted molar refractivity (Wildman–Crippen MR) is 84.4 cm³/mol. The second-order valence-corrected chi connectivity index (χ2v) is 7.66. The summed E-state index contributed by atoms with van der Waals surface area (Å²) in [6, 6.07) is 7.76. The van der Waals surface area contributed by atoms with Crippen molar-refractivity contribution in [3.05, 3.63) is 57.3 Å². The second-order valence-electron chi connectivity index (χ2n) is 4.36. The standard InChI is InChI=1S/C13H11Cl3N2O2S/c1-18(8-9-4-10(14)6-11(15)5-9)21(19,20)12-2-3-13(16)17-7-12/h2-7H,8H2,1H3. The maximum atomic E-state index is 12.4. The predicted octanol–water partition coefficient (Wildman–Crippen LogP) is 3.86. The van der Waals surface area contributed by atoms with E-state index >= 15 is 0 Å². The molecule has 8 heteroatoms. The van der Waals surface area contributed by atoms with E-state index in [9.17, 15) is 8.42 Å². The molecule has 0 N–H and O–H groups in total. The van der Waals surface area contributed by atoms with Gasteiger partial charge >= 0.3 is 0 Å². The van der Waals surface area contributed by atoms with Crippen molar-refractivity contribution in [2.75, 3.05) is 7.05 Å². The van der Waals surface area contributed by atoms with Gasteiger partial charge in [0.1, 0.15) is 10.0 Å². The third-order valence-electron chi connectivity index (χ3n) is 2.74. The molecule has 1 heterocycles. The van der Waals surface area contributed by atoms with Crippen molar-refractivity contribution in [2.24, 2.45) is 0 Å². The third kappa shape index (κ3) is 4.08. The zero-order chi connectivity index (χ0) is 15.6. The Bertz CT molecular complexity index is 728. The van der Waals surface area contributed by atoms with Gasteiger partial charge in [-0.25, -0.2) is 13.4 Å². The van der Waals surface area contributed by atoms with Crippen molar-refractivity contribution < 1.29 is 8.42 Å². The molecule has 4 nitrogen and oxygen atoms in total. The summed E-state index contributed by atoms with van der Waals surface area (Å²) in [6.07, 6.45) is 1.22. The molecule has 0 atom stereocenters. The van der Waals surface area contributed by atoms with Crippen LogP contribution in [-0.4, -0.2) is 24.8 Å². The molecule has 1 aromatic carbocycles. The van der Waals surface area contributed by atoms with Gasteiger partial charge in [0, 0.05) is 29.8 Å². The molecular formula is C13H11Cl3N2O2S. The first kappa shape index (κ1) is 16.5. The first-order valence-corrected chi connectivity index (χ1v) is 8.39. The fraction of sp³-hybridized carbons (Fsp3) is 0.154. The van der Waals surface area contributed by atoms with Crippen molar-refractivity contribution in [1.82, 2.24) is 9.29 Å². The minimum atomic E-state index is -3.65.